The van der Waals surface area contributed by atoms with E-state index in [1.807, 2.05) is 13.8 Å². The van der Waals surface area contributed by atoms with Gasteiger partial charge in [0, 0.05) is 24.2 Å². The number of halogens is 1. The van der Waals surface area contributed by atoms with Crippen LogP contribution in [0.3, 0.4) is 0 Å². The van der Waals surface area contributed by atoms with Crippen LogP contribution in [0.15, 0.2) is 42.5 Å². The number of sulfonamides is 1. The standard InChI is InChI=1S/C25H32ClN3O6S/c1-4-13-27-25(31)21(5-2)28(15-18-7-9-19(26)10-8-18)24(30)16-29(36(32,33)6-3)20-11-12-22-23(14-20)35-17-34-22/h7-12,14,21H,4-6,13,15-17H2,1-3H3,(H,27,31). The van der Waals surface area contributed by atoms with Crippen molar-refractivity contribution >= 4 is 39.1 Å². The van der Waals surface area contributed by atoms with E-state index in [1.54, 1.807) is 36.4 Å². The maximum absolute atomic E-state index is 13.7. The summed E-state index contributed by atoms with van der Waals surface area (Å²) in [7, 11) is -3.83. The molecule has 1 unspecified atom stereocenters. The zero-order valence-corrected chi connectivity index (χ0v) is 22.3. The Labute approximate surface area is 217 Å². The first kappa shape index (κ1) is 27.6. The van der Waals surface area contributed by atoms with Gasteiger partial charge in [-0.3, -0.25) is 13.9 Å². The van der Waals surface area contributed by atoms with Crippen molar-refractivity contribution in [3.63, 3.8) is 0 Å². The predicted octanol–water partition coefficient (Wildman–Crippen LogP) is 3.56. The molecule has 36 heavy (non-hydrogen) atoms. The highest BCUT2D eigenvalue weighted by molar-refractivity contribution is 7.92. The van der Waals surface area contributed by atoms with Gasteiger partial charge in [0.05, 0.1) is 11.4 Å². The fraction of sp³-hybridized carbons (Fsp3) is 0.440. The van der Waals surface area contributed by atoms with Gasteiger partial charge in [0.15, 0.2) is 11.5 Å². The normalized spacial score (nSPS) is 13.2. The van der Waals surface area contributed by atoms with Crippen LogP contribution >= 0.6 is 11.6 Å². The number of carbonyl (C=O) groups is 2. The van der Waals surface area contributed by atoms with Gasteiger partial charge in [-0.2, -0.15) is 0 Å². The summed E-state index contributed by atoms with van der Waals surface area (Å²) < 4.78 is 37.9. The fourth-order valence-corrected chi connectivity index (χ4v) is 5.01. The van der Waals surface area contributed by atoms with E-state index in [1.165, 1.54) is 17.9 Å². The predicted molar refractivity (Wildman–Crippen MR) is 139 cm³/mol. The smallest absolute Gasteiger partial charge is 0.244 e. The molecule has 0 fully saturated rings. The van der Waals surface area contributed by atoms with Crippen molar-refractivity contribution in [2.24, 2.45) is 0 Å². The quantitative estimate of drug-likeness (QED) is 0.444. The molecule has 0 radical (unpaired) electrons. The molecule has 2 aromatic rings. The monoisotopic (exact) mass is 537 g/mol. The molecular weight excluding hydrogens is 506 g/mol. The second-order valence-corrected chi connectivity index (χ2v) is 10.9. The van der Waals surface area contributed by atoms with Gasteiger partial charge in [0.25, 0.3) is 0 Å². The summed E-state index contributed by atoms with van der Waals surface area (Å²) in [6, 6.07) is 10.9. The van der Waals surface area contributed by atoms with Crippen molar-refractivity contribution < 1.29 is 27.5 Å². The lowest BCUT2D eigenvalue weighted by atomic mass is 10.1. The van der Waals surface area contributed by atoms with Crippen molar-refractivity contribution in [2.45, 2.75) is 46.2 Å². The van der Waals surface area contributed by atoms with Crippen LogP contribution in [0.5, 0.6) is 11.5 Å². The molecule has 2 aromatic carbocycles. The minimum absolute atomic E-state index is 0.0398. The number of benzene rings is 2. The van der Waals surface area contributed by atoms with Gasteiger partial charge in [0.1, 0.15) is 12.6 Å². The van der Waals surface area contributed by atoms with E-state index in [2.05, 4.69) is 5.32 Å². The molecule has 0 bridgehead atoms. The Bertz CT molecular complexity index is 1170. The summed E-state index contributed by atoms with van der Waals surface area (Å²) in [5.41, 5.74) is 1.05. The Balaban J connectivity index is 1.95. The Morgan fingerprint density at radius 2 is 1.75 bits per heavy atom. The molecule has 3 rings (SSSR count). The molecule has 196 valence electrons. The first-order valence-electron chi connectivity index (χ1n) is 11.9. The molecular formula is C25H32ClN3O6S. The highest BCUT2D eigenvalue weighted by atomic mass is 35.5. The van der Waals surface area contributed by atoms with Crippen molar-refractivity contribution in [1.82, 2.24) is 10.2 Å². The van der Waals surface area contributed by atoms with Gasteiger partial charge in [-0.25, -0.2) is 8.42 Å². The molecule has 0 saturated heterocycles. The molecule has 1 aliphatic heterocycles. The number of fused-ring (bicyclic) bond motifs is 1. The summed E-state index contributed by atoms with van der Waals surface area (Å²) >= 11 is 6.01. The SMILES string of the molecule is CCCNC(=O)C(CC)N(Cc1ccc(Cl)cc1)C(=O)CN(c1ccc2c(c1)OCO2)S(=O)(=O)CC. The second-order valence-electron chi connectivity index (χ2n) is 8.31. The number of amides is 2. The van der Waals surface area contributed by atoms with Crippen molar-refractivity contribution in [3.8, 4) is 11.5 Å². The average molecular weight is 538 g/mol. The van der Waals surface area contributed by atoms with Gasteiger partial charge in [0.2, 0.25) is 28.6 Å². The summed E-state index contributed by atoms with van der Waals surface area (Å²) in [4.78, 5) is 28.1. The van der Waals surface area contributed by atoms with E-state index >= 15 is 0 Å². The number of rotatable bonds is 12. The minimum atomic E-state index is -3.83. The molecule has 0 aromatic heterocycles. The van der Waals surface area contributed by atoms with Gasteiger partial charge in [-0.15, -0.1) is 0 Å². The molecule has 1 atom stereocenters. The summed E-state index contributed by atoms with van der Waals surface area (Å²) in [5.74, 6) is -0.0885. The number of carbonyl (C=O) groups excluding carboxylic acids is 2. The van der Waals surface area contributed by atoms with Crippen molar-refractivity contribution in [3.05, 3.63) is 53.1 Å². The zero-order chi connectivity index (χ0) is 26.3. The Hall–Kier alpha value is -2.98. The number of ether oxygens (including phenoxy) is 2. The molecule has 0 aliphatic carbocycles. The van der Waals surface area contributed by atoms with Crippen LogP contribution in [0.25, 0.3) is 0 Å². The summed E-state index contributed by atoms with van der Waals surface area (Å²) in [6.45, 7) is 5.44. The first-order valence-corrected chi connectivity index (χ1v) is 13.9. The maximum Gasteiger partial charge on any atom is 0.244 e. The molecule has 1 N–H and O–H groups in total. The van der Waals surface area contributed by atoms with Crippen LogP contribution in [0, 0.1) is 0 Å². The number of nitrogens with one attached hydrogen (secondary N) is 1. The number of anilines is 1. The maximum atomic E-state index is 13.7. The van der Waals surface area contributed by atoms with E-state index in [0.29, 0.717) is 29.5 Å². The zero-order valence-electron chi connectivity index (χ0n) is 20.7. The van der Waals surface area contributed by atoms with Gasteiger partial charge >= 0.3 is 0 Å². The molecule has 9 nitrogen and oxygen atoms in total. The van der Waals surface area contributed by atoms with Crippen LogP contribution in [0.1, 0.15) is 39.2 Å². The molecule has 11 heteroatoms. The highest BCUT2D eigenvalue weighted by Gasteiger charge is 2.33. The van der Waals surface area contributed by atoms with Crippen LogP contribution in [0.4, 0.5) is 5.69 Å². The molecule has 2 amide bonds. The molecule has 1 heterocycles. The van der Waals surface area contributed by atoms with Gasteiger partial charge in [-0.05, 0) is 49.6 Å². The lowest BCUT2D eigenvalue weighted by molar-refractivity contribution is -0.140. The third-order valence-corrected chi connectivity index (χ3v) is 7.82. The van der Waals surface area contributed by atoms with Gasteiger partial charge in [-0.1, -0.05) is 37.6 Å². The lowest BCUT2D eigenvalue weighted by Gasteiger charge is -2.33. The molecule has 0 spiro atoms. The van der Waals surface area contributed by atoms with Gasteiger partial charge < -0.3 is 19.7 Å². The fourth-order valence-electron chi connectivity index (χ4n) is 3.83. The van der Waals surface area contributed by atoms with Crippen molar-refractivity contribution in [2.75, 3.05) is 29.9 Å². The third-order valence-electron chi connectivity index (χ3n) is 5.82. The molecule has 1 aliphatic rings. The number of hydrogen-bond donors (Lipinski definition) is 1. The van der Waals surface area contributed by atoms with E-state index < -0.39 is 28.5 Å². The Kier molecular flexibility index (Phi) is 9.44. The third kappa shape index (κ3) is 6.61. The largest absolute Gasteiger partial charge is 0.454 e. The average Bonchev–Trinajstić information content (AvgIpc) is 3.34. The second kappa shape index (κ2) is 12.3. The Morgan fingerprint density at radius 1 is 1.06 bits per heavy atom. The summed E-state index contributed by atoms with van der Waals surface area (Å²) in [5, 5.41) is 3.40. The number of nitrogens with zero attached hydrogens (tertiary/aromatic N) is 2. The first-order chi connectivity index (χ1) is 17.2. The van der Waals surface area contributed by atoms with E-state index in [4.69, 9.17) is 21.1 Å². The minimum Gasteiger partial charge on any atom is -0.454 e. The van der Waals surface area contributed by atoms with Crippen molar-refractivity contribution in [1.29, 1.82) is 0 Å². The lowest BCUT2D eigenvalue weighted by Crippen LogP contribution is -2.52. The number of hydrogen-bond acceptors (Lipinski definition) is 6. The molecule has 0 saturated carbocycles. The van der Waals surface area contributed by atoms with Crippen LogP contribution in [-0.2, 0) is 26.2 Å². The van der Waals surface area contributed by atoms with Crippen LogP contribution < -0.4 is 19.1 Å². The van der Waals surface area contributed by atoms with E-state index in [9.17, 15) is 18.0 Å². The highest BCUT2D eigenvalue weighted by Crippen LogP contribution is 2.36. The van der Waals surface area contributed by atoms with Crippen LogP contribution in [0.2, 0.25) is 5.02 Å². The van der Waals surface area contributed by atoms with E-state index in [-0.39, 0.29) is 30.7 Å². The van der Waals surface area contributed by atoms with Crippen LogP contribution in [-0.4, -0.2) is 56.8 Å². The summed E-state index contributed by atoms with van der Waals surface area (Å²) in [6.07, 6.45) is 1.11. The van der Waals surface area contributed by atoms with E-state index in [0.717, 1.165) is 16.3 Å². The topological polar surface area (TPSA) is 105 Å². The Morgan fingerprint density at radius 3 is 2.39 bits per heavy atom.